The lowest BCUT2D eigenvalue weighted by atomic mass is 10.2. The van der Waals surface area contributed by atoms with Crippen LogP contribution >= 0.6 is 11.3 Å². The highest BCUT2D eigenvalue weighted by molar-refractivity contribution is 7.90. The van der Waals surface area contributed by atoms with E-state index in [0.29, 0.717) is 5.69 Å². The van der Waals surface area contributed by atoms with Crippen molar-refractivity contribution in [2.24, 2.45) is 0 Å². The molecule has 1 N–H and O–H groups in total. The number of hydrogen-bond acceptors (Lipinski definition) is 6. The Hall–Kier alpha value is -1.93. The van der Waals surface area contributed by atoms with Crippen molar-refractivity contribution in [1.82, 2.24) is 0 Å². The van der Waals surface area contributed by atoms with Crippen LogP contribution in [0.2, 0.25) is 0 Å². The molecule has 0 saturated heterocycles. The number of nitrogens with one attached hydrogen (secondary N) is 1. The highest BCUT2D eigenvalue weighted by Gasteiger charge is 2.20. The molecule has 0 aliphatic rings. The molecule has 1 unspecified atom stereocenters. The number of anilines is 1. The summed E-state index contributed by atoms with van der Waals surface area (Å²) in [5.41, 5.74) is 0.0883. The van der Waals surface area contributed by atoms with E-state index >= 15 is 0 Å². The zero-order valence-corrected chi connectivity index (χ0v) is 14.7. The standard InChI is InChI=1S/C15H18N2O4S2/c1-10(8-12-5-4-11(2)22-12)16-14-7-6-13(23(3,20)21)9-15(14)17(18)19/h4-7,9-10,16H,8H2,1-3H3. The van der Waals surface area contributed by atoms with E-state index < -0.39 is 14.8 Å². The van der Waals surface area contributed by atoms with Crippen LogP contribution in [0.5, 0.6) is 0 Å². The Balaban J connectivity index is 2.23. The molecule has 0 aliphatic heterocycles. The van der Waals surface area contributed by atoms with Crippen LogP contribution in [0.4, 0.5) is 11.4 Å². The maximum atomic E-state index is 11.5. The number of rotatable bonds is 6. The number of benzene rings is 1. The van der Waals surface area contributed by atoms with Crippen molar-refractivity contribution in [3.63, 3.8) is 0 Å². The second kappa shape index (κ2) is 6.67. The van der Waals surface area contributed by atoms with E-state index in [0.717, 1.165) is 18.7 Å². The second-order valence-corrected chi connectivity index (χ2v) is 8.86. The van der Waals surface area contributed by atoms with Gasteiger partial charge >= 0.3 is 0 Å². The molecule has 1 atom stereocenters. The minimum absolute atomic E-state index is 0.0177. The van der Waals surface area contributed by atoms with Gasteiger partial charge in [-0.15, -0.1) is 11.3 Å². The molecule has 0 spiro atoms. The van der Waals surface area contributed by atoms with Gasteiger partial charge in [0.15, 0.2) is 9.84 Å². The molecule has 0 bridgehead atoms. The molecule has 2 rings (SSSR count). The van der Waals surface area contributed by atoms with E-state index in [1.54, 1.807) is 11.3 Å². The van der Waals surface area contributed by atoms with E-state index in [-0.39, 0.29) is 16.6 Å². The summed E-state index contributed by atoms with van der Waals surface area (Å²) in [6, 6.07) is 7.99. The minimum atomic E-state index is -3.48. The summed E-state index contributed by atoms with van der Waals surface area (Å²) in [5.74, 6) is 0. The molecule has 0 amide bonds. The van der Waals surface area contributed by atoms with E-state index in [4.69, 9.17) is 0 Å². The Morgan fingerprint density at radius 1 is 1.30 bits per heavy atom. The highest BCUT2D eigenvalue weighted by atomic mass is 32.2. The van der Waals surface area contributed by atoms with Gasteiger partial charge in [-0.2, -0.15) is 0 Å². The van der Waals surface area contributed by atoms with Gasteiger partial charge in [0, 0.05) is 34.5 Å². The number of sulfone groups is 1. The maximum Gasteiger partial charge on any atom is 0.293 e. The van der Waals surface area contributed by atoms with Crippen LogP contribution in [0.15, 0.2) is 35.2 Å². The van der Waals surface area contributed by atoms with Crippen molar-refractivity contribution in [2.45, 2.75) is 31.2 Å². The van der Waals surface area contributed by atoms with Crippen molar-refractivity contribution in [2.75, 3.05) is 11.6 Å². The average Bonchev–Trinajstić information content (AvgIpc) is 2.82. The van der Waals surface area contributed by atoms with Crippen molar-refractivity contribution in [3.8, 4) is 0 Å². The van der Waals surface area contributed by atoms with Crippen LogP contribution in [-0.4, -0.2) is 25.6 Å². The lowest BCUT2D eigenvalue weighted by molar-refractivity contribution is -0.384. The third-order valence-electron chi connectivity index (χ3n) is 3.30. The highest BCUT2D eigenvalue weighted by Crippen LogP contribution is 2.29. The zero-order valence-electron chi connectivity index (χ0n) is 13.1. The summed E-state index contributed by atoms with van der Waals surface area (Å²) in [6.45, 7) is 3.96. The van der Waals surface area contributed by atoms with Crippen LogP contribution in [0.25, 0.3) is 0 Å². The average molecular weight is 354 g/mol. The van der Waals surface area contributed by atoms with E-state index in [9.17, 15) is 18.5 Å². The number of nitro groups is 1. The quantitative estimate of drug-likeness (QED) is 0.634. The third kappa shape index (κ3) is 4.52. The number of nitrogens with zero attached hydrogens (tertiary/aromatic N) is 1. The summed E-state index contributed by atoms with van der Waals surface area (Å²) in [5, 5.41) is 14.3. The number of thiophene rings is 1. The molecule has 23 heavy (non-hydrogen) atoms. The van der Waals surface area contributed by atoms with Gasteiger partial charge in [-0.25, -0.2) is 8.42 Å². The van der Waals surface area contributed by atoms with Gasteiger partial charge in [0.2, 0.25) is 0 Å². The van der Waals surface area contributed by atoms with Gasteiger partial charge in [0.1, 0.15) is 5.69 Å². The van der Waals surface area contributed by atoms with Crippen molar-refractivity contribution >= 4 is 32.5 Å². The SMILES string of the molecule is Cc1ccc(CC(C)Nc2ccc(S(C)(=O)=O)cc2[N+](=O)[O-])s1. The first kappa shape index (κ1) is 17.4. The largest absolute Gasteiger partial charge is 0.377 e. The van der Waals surface area contributed by atoms with Gasteiger partial charge in [-0.1, -0.05) is 0 Å². The Bertz CT molecular complexity index is 828. The summed E-state index contributed by atoms with van der Waals surface area (Å²) < 4.78 is 23.1. The van der Waals surface area contributed by atoms with Crippen LogP contribution in [0.3, 0.4) is 0 Å². The Morgan fingerprint density at radius 3 is 2.52 bits per heavy atom. The molecule has 2 aromatic rings. The van der Waals surface area contributed by atoms with Crippen molar-refractivity contribution in [1.29, 1.82) is 0 Å². The minimum Gasteiger partial charge on any atom is -0.377 e. The molecular weight excluding hydrogens is 336 g/mol. The van der Waals surface area contributed by atoms with E-state index in [1.165, 1.54) is 21.9 Å². The first-order valence-electron chi connectivity index (χ1n) is 6.97. The monoisotopic (exact) mass is 354 g/mol. The van der Waals surface area contributed by atoms with Gasteiger partial charge < -0.3 is 5.32 Å². The van der Waals surface area contributed by atoms with Crippen molar-refractivity contribution < 1.29 is 13.3 Å². The predicted molar refractivity (Wildman–Crippen MR) is 92.1 cm³/mol. The molecule has 1 aromatic carbocycles. The summed E-state index contributed by atoms with van der Waals surface area (Å²) in [7, 11) is -3.48. The Labute approximate surface area is 139 Å². The lowest BCUT2D eigenvalue weighted by Gasteiger charge is -2.15. The first-order valence-corrected chi connectivity index (χ1v) is 9.68. The van der Waals surface area contributed by atoms with E-state index in [1.807, 2.05) is 26.0 Å². The molecule has 124 valence electrons. The molecule has 1 heterocycles. The van der Waals surface area contributed by atoms with Crippen LogP contribution < -0.4 is 5.32 Å². The molecule has 8 heteroatoms. The normalized spacial score (nSPS) is 12.8. The number of nitro benzene ring substituents is 1. The van der Waals surface area contributed by atoms with Gasteiger partial charge in [0.25, 0.3) is 5.69 Å². The molecule has 0 radical (unpaired) electrons. The van der Waals surface area contributed by atoms with Crippen LogP contribution in [-0.2, 0) is 16.3 Å². The Morgan fingerprint density at radius 2 is 2.00 bits per heavy atom. The summed E-state index contributed by atoms with van der Waals surface area (Å²) >= 11 is 1.69. The molecule has 0 aliphatic carbocycles. The topological polar surface area (TPSA) is 89.3 Å². The fraction of sp³-hybridized carbons (Fsp3) is 0.333. The summed E-state index contributed by atoms with van der Waals surface area (Å²) in [4.78, 5) is 13.0. The number of hydrogen-bond donors (Lipinski definition) is 1. The summed E-state index contributed by atoms with van der Waals surface area (Å²) in [6.07, 6.45) is 1.77. The molecule has 0 fully saturated rings. The van der Waals surface area contributed by atoms with Crippen LogP contribution in [0, 0.1) is 17.0 Å². The Kier molecular flexibility index (Phi) is 5.06. The third-order valence-corrected chi connectivity index (χ3v) is 5.43. The fourth-order valence-electron chi connectivity index (χ4n) is 2.23. The molecule has 0 saturated carbocycles. The predicted octanol–water partition coefficient (Wildman–Crippen LogP) is 3.41. The molecular formula is C15H18N2O4S2. The lowest BCUT2D eigenvalue weighted by Crippen LogP contribution is -2.18. The first-order chi connectivity index (χ1) is 10.7. The smallest absolute Gasteiger partial charge is 0.293 e. The second-order valence-electron chi connectivity index (χ2n) is 5.47. The number of aryl methyl sites for hydroxylation is 1. The van der Waals surface area contributed by atoms with Gasteiger partial charge in [0.05, 0.1) is 9.82 Å². The van der Waals surface area contributed by atoms with Crippen molar-refractivity contribution in [3.05, 3.63) is 50.2 Å². The fourth-order valence-corrected chi connectivity index (χ4v) is 3.89. The van der Waals surface area contributed by atoms with Gasteiger partial charge in [-0.3, -0.25) is 10.1 Å². The molecule has 6 nitrogen and oxygen atoms in total. The van der Waals surface area contributed by atoms with Gasteiger partial charge in [-0.05, 0) is 38.1 Å². The maximum absolute atomic E-state index is 11.5. The van der Waals surface area contributed by atoms with Crippen LogP contribution in [0.1, 0.15) is 16.7 Å². The van der Waals surface area contributed by atoms with E-state index in [2.05, 4.69) is 5.32 Å². The molecule has 1 aromatic heterocycles. The zero-order chi connectivity index (χ0) is 17.2.